The molecule has 0 aliphatic carbocycles. The van der Waals surface area contributed by atoms with E-state index in [-0.39, 0.29) is 12.8 Å². The van der Waals surface area contributed by atoms with Crippen LogP contribution in [-0.2, 0) is 30.4 Å². The Labute approximate surface area is 194 Å². The third-order valence-corrected chi connectivity index (χ3v) is 4.76. The first-order valence-corrected chi connectivity index (χ1v) is 10.3. The summed E-state index contributed by atoms with van der Waals surface area (Å²) in [6.45, 7) is 2.41. The Bertz CT molecular complexity index is 858. The Hall–Kier alpha value is -3.56. The number of aromatic nitrogens is 2. The molecule has 15 nitrogen and oxygen atoms in total. The molecule has 0 aromatic carbocycles. The minimum absolute atomic E-state index is 0.170. The second-order valence-electron chi connectivity index (χ2n) is 7.67. The number of aromatic amines is 1. The van der Waals surface area contributed by atoms with Gasteiger partial charge in [0, 0.05) is 24.7 Å². The predicted octanol–water partition coefficient (Wildman–Crippen LogP) is -3.56. The van der Waals surface area contributed by atoms with E-state index in [2.05, 4.69) is 25.9 Å². The number of carbonyl (C=O) groups is 5. The van der Waals surface area contributed by atoms with Gasteiger partial charge in [-0.1, -0.05) is 0 Å². The smallest absolute Gasteiger partial charge is 0.328 e. The van der Waals surface area contributed by atoms with Gasteiger partial charge in [0.25, 0.3) is 0 Å². The maximum absolute atomic E-state index is 12.9. The molecule has 15 heteroatoms. The van der Waals surface area contributed by atoms with E-state index >= 15 is 0 Å². The van der Waals surface area contributed by atoms with E-state index in [0.717, 1.165) is 6.92 Å². The first-order valence-electron chi connectivity index (χ1n) is 10.3. The van der Waals surface area contributed by atoms with E-state index in [1.807, 2.05) is 0 Å². The maximum Gasteiger partial charge on any atom is 0.328 e. The third kappa shape index (κ3) is 9.13. The summed E-state index contributed by atoms with van der Waals surface area (Å²) in [7, 11) is 0. The fourth-order valence-electron chi connectivity index (χ4n) is 2.76. The van der Waals surface area contributed by atoms with Gasteiger partial charge in [-0.2, -0.15) is 0 Å². The molecule has 0 radical (unpaired) electrons. The molecule has 6 unspecified atom stereocenters. The zero-order valence-electron chi connectivity index (χ0n) is 18.6. The number of nitrogens with two attached hydrogens (primary N) is 1. The lowest BCUT2D eigenvalue weighted by Gasteiger charge is -2.25. The van der Waals surface area contributed by atoms with Crippen molar-refractivity contribution in [3.05, 3.63) is 18.2 Å². The molecule has 190 valence electrons. The summed E-state index contributed by atoms with van der Waals surface area (Å²) in [5.74, 6) is -5.58. The van der Waals surface area contributed by atoms with Crippen molar-refractivity contribution in [1.29, 1.82) is 0 Å². The minimum Gasteiger partial charge on any atom is -0.481 e. The molecule has 1 rings (SSSR count). The van der Waals surface area contributed by atoms with E-state index in [1.54, 1.807) is 0 Å². The SMILES string of the molecule is CC(O)C(N)C(=O)NC(CCC(=O)O)C(=O)NC(Cc1cnc[nH]1)C(=O)NC(C(=O)O)C(C)O. The molecule has 34 heavy (non-hydrogen) atoms. The lowest BCUT2D eigenvalue weighted by molar-refractivity contribution is -0.145. The number of carboxylic acids is 2. The zero-order chi connectivity index (χ0) is 26.0. The molecular formula is C19H30N6O9. The Morgan fingerprint density at radius 2 is 1.56 bits per heavy atom. The van der Waals surface area contributed by atoms with Crippen LogP contribution >= 0.6 is 0 Å². The zero-order valence-corrected chi connectivity index (χ0v) is 18.6. The highest BCUT2D eigenvalue weighted by Gasteiger charge is 2.32. The molecule has 1 aromatic rings. The van der Waals surface area contributed by atoms with Crippen LogP contribution in [0.4, 0.5) is 0 Å². The van der Waals surface area contributed by atoms with Crippen molar-refractivity contribution in [2.24, 2.45) is 5.73 Å². The van der Waals surface area contributed by atoms with Crippen molar-refractivity contribution in [1.82, 2.24) is 25.9 Å². The number of aliphatic hydroxyl groups is 2. The number of amides is 3. The van der Waals surface area contributed by atoms with Crippen molar-refractivity contribution in [3.8, 4) is 0 Å². The van der Waals surface area contributed by atoms with E-state index < -0.39 is 72.5 Å². The summed E-state index contributed by atoms with van der Waals surface area (Å²) < 4.78 is 0. The maximum atomic E-state index is 12.9. The van der Waals surface area contributed by atoms with Crippen molar-refractivity contribution >= 4 is 29.7 Å². The molecule has 0 bridgehead atoms. The summed E-state index contributed by atoms with van der Waals surface area (Å²) in [4.78, 5) is 66.7. The largest absolute Gasteiger partial charge is 0.481 e. The van der Waals surface area contributed by atoms with Crippen LogP contribution in [0.3, 0.4) is 0 Å². The number of aliphatic hydroxyl groups excluding tert-OH is 2. The van der Waals surface area contributed by atoms with Gasteiger partial charge >= 0.3 is 11.9 Å². The van der Waals surface area contributed by atoms with Crippen LogP contribution in [0.2, 0.25) is 0 Å². The molecule has 1 heterocycles. The fourth-order valence-corrected chi connectivity index (χ4v) is 2.76. The number of rotatable bonds is 14. The number of nitrogens with zero attached hydrogens (tertiary/aromatic N) is 1. The van der Waals surface area contributed by atoms with Gasteiger partial charge in [-0.05, 0) is 20.3 Å². The first kappa shape index (κ1) is 28.5. The number of H-pyrrole nitrogens is 1. The lowest BCUT2D eigenvalue weighted by atomic mass is 10.1. The van der Waals surface area contributed by atoms with Crippen LogP contribution in [-0.4, -0.2) is 96.4 Å². The first-order chi connectivity index (χ1) is 15.8. The number of hydrogen-bond acceptors (Lipinski definition) is 9. The van der Waals surface area contributed by atoms with E-state index in [9.17, 15) is 39.3 Å². The van der Waals surface area contributed by atoms with Crippen LogP contribution in [0, 0.1) is 0 Å². The van der Waals surface area contributed by atoms with Gasteiger partial charge in [0.15, 0.2) is 6.04 Å². The highest BCUT2D eigenvalue weighted by molar-refractivity contribution is 5.94. The standard InChI is InChI=1S/C19H30N6O9/c1-8(26)14(20)18(32)23-11(3-4-13(28)29)16(30)24-12(5-10-6-21-7-22-10)17(31)25-15(9(2)27)19(33)34/h6-9,11-12,14-15,26-27H,3-5,20H2,1-2H3,(H,21,22)(H,23,32)(H,24,30)(H,25,31)(H,28,29)(H,33,34). The van der Waals surface area contributed by atoms with Crippen LogP contribution in [0.1, 0.15) is 32.4 Å². The van der Waals surface area contributed by atoms with Crippen molar-refractivity contribution in [3.63, 3.8) is 0 Å². The molecule has 1 aromatic heterocycles. The molecule has 0 saturated heterocycles. The second-order valence-corrected chi connectivity index (χ2v) is 7.67. The number of aliphatic carboxylic acids is 2. The van der Waals surface area contributed by atoms with E-state index in [4.69, 9.17) is 10.8 Å². The number of hydrogen-bond donors (Lipinski definition) is 9. The van der Waals surface area contributed by atoms with Crippen molar-refractivity contribution < 1.29 is 44.4 Å². The molecular weight excluding hydrogens is 456 g/mol. The third-order valence-electron chi connectivity index (χ3n) is 4.76. The topological polar surface area (TPSA) is 257 Å². The van der Waals surface area contributed by atoms with Crippen molar-refractivity contribution in [2.75, 3.05) is 0 Å². The molecule has 3 amide bonds. The van der Waals surface area contributed by atoms with E-state index in [0.29, 0.717) is 5.69 Å². The molecule has 0 aliphatic rings. The molecule has 6 atom stereocenters. The number of imidazole rings is 1. The molecule has 0 fully saturated rings. The Balaban J connectivity index is 3.10. The molecule has 10 N–H and O–H groups in total. The summed E-state index contributed by atoms with van der Waals surface area (Å²) in [5, 5.41) is 44.0. The highest BCUT2D eigenvalue weighted by Crippen LogP contribution is 2.05. The van der Waals surface area contributed by atoms with Gasteiger partial charge in [0.1, 0.15) is 18.1 Å². The average molecular weight is 486 g/mol. The second kappa shape index (κ2) is 13.2. The molecule has 0 spiro atoms. The van der Waals surface area contributed by atoms with Crippen LogP contribution in [0.5, 0.6) is 0 Å². The summed E-state index contributed by atoms with van der Waals surface area (Å²) in [6.07, 6.45) is -1.07. The Morgan fingerprint density at radius 3 is 2.03 bits per heavy atom. The average Bonchev–Trinajstić information content (AvgIpc) is 3.25. The van der Waals surface area contributed by atoms with Gasteiger partial charge in [-0.15, -0.1) is 0 Å². The summed E-state index contributed by atoms with van der Waals surface area (Å²) in [6, 6.07) is -5.88. The van der Waals surface area contributed by atoms with Gasteiger partial charge in [-0.3, -0.25) is 19.2 Å². The van der Waals surface area contributed by atoms with Crippen LogP contribution in [0.15, 0.2) is 12.5 Å². The van der Waals surface area contributed by atoms with E-state index in [1.165, 1.54) is 19.4 Å². The van der Waals surface area contributed by atoms with Gasteiger partial charge < -0.3 is 47.1 Å². The number of carbonyl (C=O) groups excluding carboxylic acids is 3. The fraction of sp³-hybridized carbons (Fsp3) is 0.579. The Kier molecular flexibility index (Phi) is 11.1. The lowest BCUT2D eigenvalue weighted by Crippen LogP contribution is -2.59. The molecule has 0 saturated carbocycles. The predicted molar refractivity (Wildman–Crippen MR) is 114 cm³/mol. The van der Waals surface area contributed by atoms with Crippen LogP contribution < -0.4 is 21.7 Å². The number of nitrogens with one attached hydrogen (secondary N) is 4. The van der Waals surface area contributed by atoms with Gasteiger partial charge in [0.05, 0.1) is 18.5 Å². The summed E-state index contributed by atoms with van der Waals surface area (Å²) >= 11 is 0. The summed E-state index contributed by atoms with van der Waals surface area (Å²) in [5.41, 5.74) is 5.95. The van der Waals surface area contributed by atoms with Gasteiger partial charge in [-0.25, -0.2) is 9.78 Å². The monoisotopic (exact) mass is 486 g/mol. The van der Waals surface area contributed by atoms with Crippen molar-refractivity contribution in [2.45, 2.75) is 69.5 Å². The molecule has 0 aliphatic heterocycles. The minimum atomic E-state index is -1.67. The Morgan fingerprint density at radius 1 is 0.971 bits per heavy atom. The van der Waals surface area contributed by atoms with Crippen LogP contribution in [0.25, 0.3) is 0 Å². The number of carboxylic acid groups (broad SMARTS) is 2. The highest BCUT2D eigenvalue weighted by atomic mass is 16.4. The normalized spacial score (nSPS) is 16.3. The quantitative estimate of drug-likeness (QED) is 0.124. The van der Waals surface area contributed by atoms with Gasteiger partial charge in [0.2, 0.25) is 17.7 Å².